The van der Waals surface area contributed by atoms with Crippen LogP contribution in [-0.2, 0) is 0 Å². The number of imidazole rings is 1. The van der Waals surface area contributed by atoms with Crippen molar-refractivity contribution in [2.75, 3.05) is 14.2 Å². The molecule has 8 nitrogen and oxygen atoms in total. The van der Waals surface area contributed by atoms with Gasteiger partial charge in [-0.05, 0) is 48.5 Å². The number of benzene rings is 2. The van der Waals surface area contributed by atoms with Crippen molar-refractivity contribution >= 4 is 16.9 Å². The van der Waals surface area contributed by atoms with E-state index in [-0.39, 0.29) is 0 Å². The Kier molecular flexibility index (Phi) is 4.46. The highest BCUT2D eigenvalue weighted by atomic mass is 16.5. The number of amides is 1. The molecule has 0 bridgehead atoms. The number of rotatable bonds is 5. The van der Waals surface area contributed by atoms with Gasteiger partial charge in [-0.3, -0.25) is 10.0 Å². The third-order valence-electron chi connectivity index (χ3n) is 4.35. The molecule has 142 valence electrons. The standard InChI is InChI=1S/C20H17N3O5/c1-26-16-6-4-11(10-18(16)27-2)15-7-8-17(28-15)19-21-13-5-3-12(20(24)23-25)9-14(13)22-19/h3-10,25H,1-2H3,(H,21,22)(H,23,24). The van der Waals surface area contributed by atoms with Crippen LogP contribution >= 0.6 is 0 Å². The predicted molar refractivity (Wildman–Crippen MR) is 102 cm³/mol. The molecule has 1 amide bonds. The second-order valence-corrected chi connectivity index (χ2v) is 5.99. The van der Waals surface area contributed by atoms with Gasteiger partial charge in [0, 0.05) is 11.1 Å². The lowest BCUT2D eigenvalue weighted by molar-refractivity contribution is 0.0706. The van der Waals surface area contributed by atoms with Gasteiger partial charge in [0.2, 0.25) is 0 Å². The van der Waals surface area contributed by atoms with E-state index in [1.54, 1.807) is 37.9 Å². The molecule has 0 aliphatic rings. The number of aromatic nitrogens is 2. The van der Waals surface area contributed by atoms with Crippen LogP contribution < -0.4 is 15.0 Å². The Morgan fingerprint density at radius 3 is 2.57 bits per heavy atom. The fourth-order valence-electron chi connectivity index (χ4n) is 2.94. The summed E-state index contributed by atoms with van der Waals surface area (Å²) in [5, 5.41) is 8.77. The minimum atomic E-state index is -0.591. The first kappa shape index (κ1) is 17.6. The molecule has 2 aromatic carbocycles. The lowest BCUT2D eigenvalue weighted by atomic mass is 10.1. The molecule has 0 saturated heterocycles. The molecule has 0 radical (unpaired) electrons. The van der Waals surface area contributed by atoms with E-state index >= 15 is 0 Å². The monoisotopic (exact) mass is 379 g/mol. The van der Waals surface area contributed by atoms with Gasteiger partial charge in [-0.25, -0.2) is 10.5 Å². The van der Waals surface area contributed by atoms with E-state index in [2.05, 4.69) is 9.97 Å². The number of ether oxygens (including phenoxy) is 2. The Bertz CT molecular complexity index is 1160. The number of H-pyrrole nitrogens is 1. The summed E-state index contributed by atoms with van der Waals surface area (Å²) in [4.78, 5) is 19.2. The predicted octanol–water partition coefficient (Wildman–Crippen LogP) is 3.63. The van der Waals surface area contributed by atoms with E-state index < -0.39 is 5.91 Å². The Balaban J connectivity index is 1.68. The quantitative estimate of drug-likeness (QED) is 0.361. The second-order valence-electron chi connectivity index (χ2n) is 5.99. The van der Waals surface area contributed by atoms with Crippen LogP contribution in [0.2, 0.25) is 0 Å². The Hall–Kier alpha value is -3.78. The highest BCUT2D eigenvalue weighted by Crippen LogP contribution is 2.34. The molecule has 4 aromatic rings. The Morgan fingerprint density at radius 2 is 1.82 bits per heavy atom. The van der Waals surface area contributed by atoms with Crippen molar-refractivity contribution in [1.29, 1.82) is 0 Å². The molecule has 0 aliphatic carbocycles. The van der Waals surface area contributed by atoms with Gasteiger partial charge in [-0.2, -0.15) is 0 Å². The number of methoxy groups -OCH3 is 2. The van der Waals surface area contributed by atoms with Crippen molar-refractivity contribution in [3.63, 3.8) is 0 Å². The van der Waals surface area contributed by atoms with Crippen molar-refractivity contribution in [2.45, 2.75) is 0 Å². The third kappa shape index (κ3) is 3.06. The molecule has 2 heterocycles. The van der Waals surface area contributed by atoms with Gasteiger partial charge in [0.25, 0.3) is 5.91 Å². The summed E-state index contributed by atoms with van der Waals surface area (Å²) in [6.07, 6.45) is 0. The SMILES string of the molecule is COc1ccc(-c2ccc(-c3nc4ccc(C(=O)NO)cc4[nH]3)o2)cc1OC. The van der Waals surface area contributed by atoms with Gasteiger partial charge >= 0.3 is 0 Å². The number of nitrogens with zero attached hydrogens (tertiary/aromatic N) is 1. The second kappa shape index (κ2) is 7.09. The topological polar surface area (TPSA) is 110 Å². The Morgan fingerprint density at radius 1 is 1.04 bits per heavy atom. The molecule has 3 N–H and O–H groups in total. The van der Waals surface area contributed by atoms with Crippen LogP contribution in [0.3, 0.4) is 0 Å². The number of nitrogens with one attached hydrogen (secondary N) is 2. The molecule has 8 heteroatoms. The number of hydroxylamine groups is 1. The van der Waals surface area contributed by atoms with E-state index in [9.17, 15) is 4.79 Å². The molecule has 0 aliphatic heterocycles. The molecule has 0 spiro atoms. The summed E-state index contributed by atoms with van der Waals surface area (Å²) in [5.41, 5.74) is 4.09. The average Bonchev–Trinajstić information content (AvgIpc) is 3.39. The van der Waals surface area contributed by atoms with Crippen LogP contribution in [0.25, 0.3) is 33.9 Å². The Labute approximate surface area is 159 Å². The van der Waals surface area contributed by atoms with E-state index in [0.29, 0.717) is 45.4 Å². The molecule has 28 heavy (non-hydrogen) atoms. The van der Waals surface area contributed by atoms with Crippen molar-refractivity contribution in [3.05, 3.63) is 54.1 Å². The highest BCUT2D eigenvalue weighted by molar-refractivity contribution is 5.97. The van der Waals surface area contributed by atoms with Gasteiger partial charge in [-0.1, -0.05) is 0 Å². The fraction of sp³-hybridized carbons (Fsp3) is 0.100. The van der Waals surface area contributed by atoms with Crippen LogP contribution in [0.1, 0.15) is 10.4 Å². The van der Waals surface area contributed by atoms with Crippen LogP contribution in [-0.4, -0.2) is 35.3 Å². The number of furan rings is 1. The number of hydrogen-bond acceptors (Lipinski definition) is 6. The molecule has 4 rings (SSSR count). The first-order valence-corrected chi connectivity index (χ1v) is 8.39. The van der Waals surface area contributed by atoms with E-state index in [0.717, 1.165) is 5.56 Å². The lowest BCUT2D eigenvalue weighted by Crippen LogP contribution is -2.18. The summed E-state index contributed by atoms with van der Waals surface area (Å²) < 4.78 is 16.5. The van der Waals surface area contributed by atoms with E-state index in [4.69, 9.17) is 19.1 Å². The summed E-state index contributed by atoms with van der Waals surface area (Å²) in [6.45, 7) is 0. The van der Waals surface area contributed by atoms with Gasteiger partial charge in [0.1, 0.15) is 5.76 Å². The van der Waals surface area contributed by atoms with Crippen LogP contribution in [0.5, 0.6) is 11.5 Å². The van der Waals surface area contributed by atoms with Crippen molar-refractivity contribution in [1.82, 2.24) is 15.4 Å². The maximum absolute atomic E-state index is 11.6. The molecular weight excluding hydrogens is 362 g/mol. The molecule has 0 unspecified atom stereocenters. The molecule has 2 aromatic heterocycles. The van der Waals surface area contributed by atoms with Gasteiger partial charge in [0.05, 0.1) is 25.3 Å². The highest BCUT2D eigenvalue weighted by Gasteiger charge is 2.14. The first-order valence-electron chi connectivity index (χ1n) is 8.39. The van der Waals surface area contributed by atoms with E-state index in [1.165, 1.54) is 0 Å². The van der Waals surface area contributed by atoms with Gasteiger partial charge in [-0.15, -0.1) is 0 Å². The third-order valence-corrected chi connectivity index (χ3v) is 4.35. The minimum Gasteiger partial charge on any atom is -0.493 e. The van der Waals surface area contributed by atoms with Crippen molar-refractivity contribution in [2.24, 2.45) is 0 Å². The van der Waals surface area contributed by atoms with Crippen molar-refractivity contribution in [3.8, 4) is 34.4 Å². The molecular formula is C20H17N3O5. The van der Waals surface area contributed by atoms with Crippen molar-refractivity contribution < 1.29 is 23.9 Å². The summed E-state index contributed by atoms with van der Waals surface area (Å²) in [5.74, 6) is 2.38. The van der Waals surface area contributed by atoms with E-state index in [1.807, 2.05) is 30.3 Å². The van der Waals surface area contributed by atoms with Crippen LogP contribution in [0.15, 0.2) is 52.9 Å². The van der Waals surface area contributed by atoms with Crippen LogP contribution in [0.4, 0.5) is 0 Å². The number of hydrogen-bond donors (Lipinski definition) is 3. The molecule has 0 saturated carbocycles. The summed E-state index contributed by atoms with van der Waals surface area (Å²) in [7, 11) is 3.16. The van der Waals surface area contributed by atoms with Gasteiger partial charge < -0.3 is 18.9 Å². The largest absolute Gasteiger partial charge is 0.493 e. The average molecular weight is 379 g/mol. The number of aromatic amines is 1. The zero-order valence-corrected chi connectivity index (χ0v) is 15.1. The zero-order chi connectivity index (χ0) is 19.7. The lowest BCUT2D eigenvalue weighted by Gasteiger charge is -2.08. The molecule has 0 atom stereocenters. The van der Waals surface area contributed by atoms with Crippen LogP contribution in [0, 0.1) is 0 Å². The summed E-state index contributed by atoms with van der Waals surface area (Å²) >= 11 is 0. The maximum Gasteiger partial charge on any atom is 0.274 e. The first-order chi connectivity index (χ1) is 13.6. The van der Waals surface area contributed by atoms with Gasteiger partial charge in [0.15, 0.2) is 23.1 Å². The number of carbonyl (C=O) groups is 1. The smallest absolute Gasteiger partial charge is 0.274 e. The molecule has 0 fully saturated rings. The zero-order valence-electron chi connectivity index (χ0n) is 15.1. The fourth-order valence-corrected chi connectivity index (χ4v) is 2.94. The summed E-state index contributed by atoms with van der Waals surface area (Å²) in [6, 6.07) is 14.1. The number of fused-ring (bicyclic) bond motifs is 1. The maximum atomic E-state index is 11.6. The minimum absolute atomic E-state index is 0.315. The number of carbonyl (C=O) groups excluding carboxylic acids is 1. The normalized spacial score (nSPS) is 10.8.